The fourth-order valence-electron chi connectivity index (χ4n) is 2.20. The third-order valence-electron chi connectivity index (χ3n) is 3.42. The molecule has 1 heterocycles. The summed E-state index contributed by atoms with van der Waals surface area (Å²) >= 11 is 3.21. The van der Waals surface area contributed by atoms with Gasteiger partial charge in [-0.3, -0.25) is 9.78 Å². The van der Waals surface area contributed by atoms with E-state index in [1.807, 2.05) is 30.3 Å². The lowest BCUT2D eigenvalue weighted by molar-refractivity contribution is -0.122. The number of nitrogens with one attached hydrogen (secondary N) is 1. The Morgan fingerprint density at radius 2 is 2.04 bits per heavy atom. The Labute approximate surface area is 146 Å². The Balaban J connectivity index is 1.70. The first-order chi connectivity index (χ1) is 11.5. The number of nitrogens with zero attached hydrogens (tertiary/aromatic N) is 1. The third-order valence-corrected chi connectivity index (χ3v) is 4.04. The molecule has 0 fully saturated rings. The number of aromatic nitrogens is 1. The van der Waals surface area contributed by atoms with E-state index in [9.17, 15) is 9.18 Å². The molecular weight excluding hydrogens is 375 g/mol. The summed E-state index contributed by atoms with van der Waals surface area (Å²) in [6.07, 6.45) is 0.846. The molecule has 1 amide bonds. The Morgan fingerprint density at radius 3 is 2.83 bits per heavy atom. The number of rotatable bonds is 4. The van der Waals surface area contributed by atoms with Crippen LogP contribution in [-0.4, -0.2) is 17.0 Å². The number of fused-ring (bicyclic) bond motifs is 1. The fraction of sp³-hybridized carbons (Fsp3) is 0.111. The van der Waals surface area contributed by atoms with Crippen LogP contribution in [0.5, 0.6) is 5.75 Å². The first-order valence-corrected chi connectivity index (χ1v) is 8.09. The quantitative estimate of drug-likeness (QED) is 0.713. The number of benzene rings is 2. The lowest BCUT2D eigenvalue weighted by atomic mass is 10.2. The van der Waals surface area contributed by atoms with E-state index in [4.69, 9.17) is 4.74 Å². The van der Waals surface area contributed by atoms with Gasteiger partial charge >= 0.3 is 0 Å². The molecule has 0 aliphatic carbocycles. The van der Waals surface area contributed by atoms with Crippen LogP contribution < -0.4 is 10.1 Å². The van der Waals surface area contributed by atoms with Gasteiger partial charge in [0.15, 0.2) is 6.10 Å². The number of carbonyl (C=O) groups is 1. The number of carbonyl (C=O) groups excluding carboxylic acids is 1. The Kier molecular flexibility index (Phi) is 4.76. The Morgan fingerprint density at radius 1 is 1.25 bits per heavy atom. The molecule has 1 atom stereocenters. The maximum Gasteiger partial charge on any atom is 0.265 e. The number of para-hydroxylation sites is 1. The molecule has 1 unspecified atom stereocenters. The molecular formula is C18H14BrFN2O2. The van der Waals surface area contributed by atoms with Crippen LogP contribution in [0, 0.1) is 5.82 Å². The molecule has 3 aromatic rings. The molecule has 4 nitrogen and oxygen atoms in total. The zero-order chi connectivity index (χ0) is 17.1. The van der Waals surface area contributed by atoms with Crippen molar-refractivity contribution in [2.45, 2.75) is 13.0 Å². The maximum atomic E-state index is 13.1. The van der Waals surface area contributed by atoms with E-state index in [1.165, 1.54) is 18.2 Å². The van der Waals surface area contributed by atoms with Crippen LogP contribution in [0.2, 0.25) is 0 Å². The van der Waals surface area contributed by atoms with Gasteiger partial charge in [-0.05, 0) is 53.2 Å². The van der Waals surface area contributed by atoms with Crippen LogP contribution in [0.3, 0.4) is 0 Å². The highest BCUT2D eigenvalue weighted by Gasteiger charge is 2.16. The number of ether oxygens (including phenoxy) is 1. The largest absolute Gasteiger partial charge is 0.480 e. The van der Waals surface area contributed by atoms with E-state index in [2.05, 4.69) is 26.2 Å². The van der Waals surface area contributed by atoms with Gasteiger partial charge in [-0.15, -0.1) is 0 Å². The van der Waals surface area contributed by atoms with Crippen molar-refractivity contribution in [1.29, 1.82) is 0 Å². The van der Waals surface area contributed by atoms with Crippen LogP contribution in [0.1, 0.15) is 6.92 Å². The highest BCUT2D eigenvalue weighted by molar-refractivity contribution is 9.10. The predicted molar refractivity (Wildman–Crippen MR) is 94.6 cm³/mol. The summed E-state index contributed by atoms with van der Waals surface area (Å²) in [5, 5.41) is 3.70. The summed E-state index contributed by atoms with van der Waals surface area (Å²) in [5.74, 6) is -0.299. The smallest absolute Gasteiger partial charge is 0.265 e. The second-order valence-electron chi connectivity index (χ2n) is 5.24. The zero-order valence-electron chi connectivity index (χ0n) is 12.8. The lowest BCUT2D eigenvalue weighted by Crippen LogP contribution is -2.30. The first kappa shape index (κ1) is 16.4. The number of amides is 1. The summed E-state index contributed by atoms with van der Waals surface area (Å²) in [6.45, 7) is 1.62. The average molecular weight is 389 g/mol. The van der Waals surface area contributed by atoms with Gasteiger partial charge in [0.25, 0.3) is 5.91 Å². The zero-order valence-corrected chi connectivity index (χ0v) is 14.4. The molecule has 3 rings (SSSR count). The van der Waals surface area contributed by atoms with Crippen molar-refractivity contribution >= 4 is 38.4 Å². The molecule has 0 radical (unpaired) electrons. The topological polar surface area (TPSA) is 51.2 Å². The van der Waals surface area contributed by atoms with E-state index in [0.717, 1.165) is 10.9 Å². The molecule has 1 N–H and O–H groups in total. The minimum atomic E-state index is -0.752. The standard InChI is InChI=1S/C18H14BrFN2O2/c1-11(24-17-7-6-13(20)9-15(17)19)18(23)22-14-8-12-4-2-3-5-16(12)21-10-14/h2-11H,1H3,(H,22,23). The van der Waals surface area contributed by atoms with Crippen molar-refractivity contribution in [3.05, 3.63) is 65.0 Å². The van der Waals surface area contributed by atoms with Crippen LogP contribution >= 0.6 is 15.9 Å². The van der Waals surface area contributed by atoms with E-state index in [-0.39, 0.29) is 11.7 Å². The fourth-order valence-corrected chi connectivity index (χ4v) is 2.64. The van der Waals surface area contributed by atoms with Crippen molar-refractivity contribution in [2.24, 2.45) is 0 Å². The number of hydrogen-bond acceptors (Lipinski definition) is 3. The van der Waals surface area contributed by atoms with Crippen molar-refractivity contribution in [2.75, 3.05) is 5.32 Å². The second-order valence-corrected chi connectivity index (χ2v) is 6.10. The van der Waals surface area contributed by atoms with E-state index in [0.29, 0.717) is 15.9 Å². The molecule has 0 saturated carbocycles. The molecule has 0 bridgehead atoms. The molecule has 0 aliphatic rings. The second kappa shape index (κ2) is 6.97. The monoisotopic (exact) mass is 388 g/mol. The molecule has 0 aliphatic heterocycles. The van der Waals surface area contributed by atoms with Crippen LogP contribution in [0.25, 0.3) is 10.9 Å². The van der Waals surface area contributed by atoms with Crippen LogP contribution in [0.15, 0.2) is 59.2 Å². The molecule has 24 heavy (non-hydrogen) atoms. The van der Waals surface area contributed by atoms with E-state index >= 15 is 0 Å². The first-order valence-electron chi connectivity index (χ1n) is 7.30. The number of hydrogen-bond donors (Lipinski definition) is 1. The molecule has 6 heteroatoms. The average Bonchev–Trinajstić information content (AvgIpc) is 2.57. The number of halogens is 2. The van der Waals surface area contributed by atoms with Crippen LogP contribution in [0.4, 0.5) is 10.1 Å². The normalized spacial score (nSPS) is 12.0. The molecule has 0 spiro atoms. The molecule has 1 aromatic heterocycles. The van der Waals surface area contributed by atoms with Gasteiger partial charge in [0.2, 0.25) is 0 Å². The highest BCUT2D eigenvalue weighted by Crippen LogP contribution is 2.26. The van der Waals surface area contributed by atoms with Crippen molar-refractivity contribution < 1.29 is 13.9 Å². The van der Waals surface area contributed by atoms with Crippen molar-refractivity contribution in [3.63, 3.8) is 0 Å². The molecule has 2 aromatic carbocycles. The summed E-state index contributed by atoms with van der Waals surface area (Å²) in [4.78, 5) is 16.6. The molecule has 122 valence electrons. The number of pyridine rings is 1. The van der Waals surface area contributed by atoms with Gasteiger partial charge in [0, 0.05) is 5.39 Å². The van der Waals surface area contributed by atoms with Gasteiger partial charge in [-0.25, -0.2) is 4.39 Å². The Bertz CT molecular complexity index is 901. The van der Waals surface area contributed by atoms with E-state index < -0.39 is 6.10 Å². The van der Waals surface area contributed by atoms with Gasteiger partial charge < -0.3 is 10.1 Å². The molecule has 0 saturated heterocycles. The summed E-state index contributed by atoms with van der Waals surface area (Å²) < 4.78 is 19.1. The van der Waals surface area contributed by atoms with Gasteiger partial charge in [0.05, 0.1) is 21.9 Å². The summed E-state index contributed by atoms with van der Waals surface area (Å²) in [6, 6.07) is 13.5. The summed E-state index contributed by atoms with van der Waals surface area (Å²) in [7, 11) is 0. The van der Waals surface area contributed by atoms with Crippen molar-refractivity contribution in [3.8, 4) is 5.75 Å². The van der Waals surface area contributed by atoms with E-state index in [1.54, 1.807) is 13.1 Å². The predicted octanol–water partition coefficient (Wildman–Crippen LogP) is 4.54. The van der Waals surface area contributed by atoms with Crippen molar-refractivity contribution in [1.82, 2.24) is 4.98 Å². The highest BCUT2D eigenvalue weighted by atomic mass is 79.9. The Hall–Kier alpha value is -2.47. The van der Waals surface area contributed by atoms with Crippen LogP contribution in [-0.2, 0) is 4.79 Å². The minimum Gasteiger partial charge on any atom is -0.480 e. The van der Waals surface area contributed by atoms with Gasteiger partial charge in [-0.2, -0.15) is 0 Å². The van der Waals surface area contributed by atoms with Gasteiger partial charge in [-0.1, -0.05) is 18.2 Å². The maximum absolute atomic E-state index is 13.1. The third kappa shape index (κ3) is 3.71. The minimum absolute atomic E-state index is 0.316. The van der Waals surface area contributed by atoms with Gasteiger partial charge in [0.1, 0.15) is 11.6 Å². The SMILES string of the molecule is CC(Oc1ccc(F)cc1Br)C(=O)Nc1cnc2ccccc2c1. The number of anilines is 1. The lowest BCUT2D eigenvalue weighted by Gasteiger charge is -2.16. The summed E-state index contributed by atoms with van der Waals surface area (Å²) in [5.41, 5.74) is 1.45.